The second kappa shape index (κ2) is 10.5. The van der Waals surface area contributed by atoms with Crippen LogP contribution in [0.15, 0.2) is 0 Å². The monoisotopic (exact) mass is 244 g/mol. The summed E-state index contributed by atoms with van der Waals surface area (Å²) in [5.41, 5.74) is 5.41. The molecule has 0 rings (SSSR count). The molecule has 1 unspecified atom stereocenters. The fourth-order valence-corrected chi connectivity index (χ4v) is 1.43. The first kappa shape index (κ1) is 16.4. The second-order valence-electron chi connectivity index (χ2n) is 4.95. The molecule has 1 amide bonds. The number of hydrogen-bond acceptors (Lipinski definition) is 3. The highest BCUT2D eigenvalue weighted by Gasteiger charge is 2.10. The molecule has 0 aromatic heterocycles. The Morgan fingerprint density at radius 2 is 2.00 bits per heavy atom. The van der Waals surface area contributed by atoms with Crippen molar-refractivity contribution in [3.8, 4) is 0 Å². The van der Waals surface area contributed by atoms with Crippen LogP contribution in [0.5, 0.6) is 0 Å². The Kier molecular flexibility index (Phi) is 10.2. The van der Waals surface area contributed by atoms with Crippen LogP contribution in [0.25, 0.3) is 0 Å². The van der Waals surface area contributed by atoms with Gasteiger partial charge in [-0.15, -0.1) is 0 Å². The average molecular weight is 244 g/mol. The Balaban J connectivity index is 3.38. The molecule has 4 nitrogen and oxygen atoms in total. The van der Waals surface area contributed by atoms with Gasteiger partial charge in [-0.2, -0.15) is 0 Å². The van der Waals surface area contributed by atoms with Gasteiger partial charge in [0, 0.05) is 25.7 Å². The van der Waals surface area contributed by atoms with Gasteiger partial charge < -0.3 is 15.8 Å². The molecule has 0 aromatic carbocycles. The zero-order valence-corrected chi connectivity index (χ0v) is 11.5. The summed E-state index contributed by atoms with van der Waals surface area (Å²) < 4.78 is 5.43. The Bertz CT molecular complexity index is 196. The van der Waals surface area contributed by atoms with Crippen LogP contribution in [0.1, 0.15) is 40.0 Å². The van der Waals surface area contributed by atoms with E-state index in [1.165, 1.54) is 0 Å². The minimum atomic E-state index is 0.0649. The lowest BCUT2D eigenvalue weighted by Gasteiger charge is -2.12. The van der Waals surface area contributed by atoms with Gasteiger partial charge in [0.05, 0.1) is 0 Å². The third-order valence-electron chi connectivity index (χ3n) is 2.50. The summed E-state index contributed by atoms with van der Waals surface area (Å²) in [5, 5.41) is 2.92. The molecular weight excluding hydrogens is 216 g/mol. The van der Waals surface area contributed by atoms with Gasteiger partial charge in [0.2, 0.25) is 5.91 Å². The number of nitrogens with two attached hydrogens (primary N) is 1. The van der Waals surface area contributed by atoms with Gasteiger partial charge in [0.25, 0.3) is 0 Å². The summed E-state index contributed by atoms with van der Waals surface area (Å²) in [5.74, 6) is 0.762. The van der Waals surface area contributed by atoms with Gasteiger partial charge in [0.15, 0.2) is 0 Å². The molecule has 0 radical (unpaired) electrons. The molecule has 0 aliphatic heterocycles. The van der Waals surface area contributed by atoms with Gasteiger partial charge >= 0.3 is 0 Å². The topological polar surface area (TPSA) is 64.3 Å². The first-order valence-electron chi connectivity index (χ1n) is 6.63. The summed E-state index contributed by atoms with van der Waals surface area (Å²) in [6.07, 6.45) is 2.65. The predicted octanol–water partition coefficient (Wildman–Crippen LogP) is 1.54. The molecule has 0 saturated carbocycles. The van der Waals surface area contributed by atoms with E-state index in [0.29, 0.717) is 19.0 Å². The van der Waals surface area contributed by atoms with E-state index in [4.69, 9.17) is 10.5 Å². The molecule has 17 heavy (non-hydrogen) atoms. The van der Waals surface area contributed by atoms with Crippen molar-refractivity contribution in [2.75, 3.05) is 26.3 Å². The van der Waals surface area contributed by atoms with Crippen LogP contribution in [0.4, 0.5) is 0 Å². The maximum atomic E-state index is 11.6. The van der Waals surface area contributed by atoms with Crippen molar-refractivity contribution in [3.63, 3.8) is 0 Å². The predicted molar refractivity (Wildman–Crippen MR) is 70.7 cm³/mol. The highest BCUT2D eigenvalue weighted by Crippen LogP contribution is 2.04. The Morgan fingerprint density at radius 3 is 2.59 bits per heavy atom. The molecular formula is C13H28N2O2. The molecule has 0 fully saturated rings. The number of carbonyl (C=O) groups excluding carboxylic acids is 1. The smallest absolute Gasteiger partial charge is 0.222 e. The van der Waals surface area contributed by atoms with Crippen molar-refractivity contribution in [1.29, 1.82) is 0 Å². The van der Waals surface area contributed by atoms with E-state index < -0.39 is 0 Å². The van der Waals surface area contributed by atoms with Crippen molar-refractivity contribution < 1.29 is 9.53 Å². The molecule has 0 aliphatic rings. The van der Waals surface area contributed by atoms with Crippen LogP contribution in [0.3, 0.4) is 0 Å². The summed E-state index contributed by atoms with van der Waals surface area (Å²) in [7, 11) is 0. The summed E-state index contributed by atoms with van der Waals surface area (Å²) in [6.45, 7) is 9.06. The summed E-state index contributed by atoms with van der Waals surface area (Å²) in [6, 6.07) is 0. The molecule has 0 spiro atoms. The van der Waals surface area contributed by atoms with E-state index in [9.17, 15) is 4.79 Å². The van der Waals surface area contributed by atoms with Crippen molar-refractivity contribution in [2.24, 2.45) is 17.6 Å². The maximum Gasteiger partial charge on any atom is 0.222 e. The van der Waals surface area contributed by atoms with E-state index in [1.54, 1.807) is 0 Å². The lowest BCUT2D eigenvalue weighted by molar-refractivity contribution is -0.124. The van der Waals surface area contributed by atoms with Gasteiger partial charge in [0.1, 0.15) is 0 Å². The first-order valence-corrected chi connectivity index (χ1v) is 6.63. The quantitative estimate of drug-likeness (QED) is 0.573. The summed E-state index contributed by atoms with van der Waals surface area (Å²) in [4.78, 5) is 11.6. The Labute approximate surface area is 105 Å². The molecule has 0 aromatic rings. The van der Waals surface area contributed by atoms with Crippen molar-refractivity contribution in [2.45, 2.75) is 40.0 Å². The molecule has 1 atom stereocenters. The number of hydrogen-bond donors (Lipinski definition) is 2. The van der Waals surface area contributed by atoms with E-state index in [0.717, 1.165) is 32.5 Å². The normalized spacial score (nSPS) is 12.8. The van der Waals surface area contributed by atoms with Crippen LogP contribution in [-0.2, 0) is 9.53 Å². The molecule has 0 heterocycles. The third kappa shape index (κ3) is 10.3. The zero-order valence-electron chi connectivity index (χ0n) is 11.5. The van der Waals surface area contributed by atoms with Crippen LogP contribution in [-0.4, -0.2) is 32.2 Å². The molecule has 0 bridgehead atoms. The molecule has 0 saturated heterocycles. The minimum Gasteiger partial charge on any atom is -0.381 e. The highest BCUT2D eigenvalue weighted by molar-refractivity contribution is 5.78. The fraction of sp³-hybridized carbons (Fsp3) is 0.923. The SMILES string of the molecule is CC(C)COCCCNC(=O)C(C)CCCN. The number of amides is 1. The van der Waals surface area contributed by atoms with E-state index in [1.807, 2.05) is 6.92 Å². The number of ether oxygens (including phenoxy) is 1. The lowest BCUT2D eigenvalue weighted by atomic mass is 10.1. The fourth-order valence-electron chi connectivity index (χ4n) is 1.43. The zero-order chi connectivity index (χ0) is 13.1. The van der Waals surface area contributed by atoms with E-state index >= 15 is 0 Å². The summed E-state index contributed by atoms with van der Waals surface area (Å²) >= 11 is 0. The van der Waals surface area contributed by atoms with E-state index in [-0.39, 0.29) is 11.8 Å². The molecule has 0 aliphatic carbocycles. The van der Waals surface area contributed by atoms with E-state index in [2.05, 4.69) is 19.2 Å². The van der Waals surface area contributed by atoms with Gasteiger partial charge in [-0.1, -0.05) is 20.8 Å². The van der Waals surface area contributed by atoms with Gasteiger partial charge in [-0.25, -0.2) is 0 Å². The molecule has 4 heteroatoms. The molecule has 3 N–H and O–H groups in total. The van der Waals surface area contributed by atoms with Gasteiger partial charge in [-0.05, 0) is 31.7 Å². The average Bonchev–Trinajstić information content (AvgIpc) is 2.29. The Morgan fingerprint density at radius 1 is 1.29 bits per heavy atom. The van der Waals surface area contributed by atoms with Crippen molar-refractivity contribution >= 4 is 5.91 Å². The van der Waals surface area contributed by atoms with Crippen molar-refractivity contribution in [1.82, 2.24) is 5.32 Å². The largest absolute Gasteiger partial charge is 0.381 e. The number of rotatable bonds is 10. The molecule has 102 valence electrons. The minimum absolute atomic E-state index is 0.0649. The Hall–Kier alpha value is -0.610. The lowest BCUT2D eigenvalue weighted by Crippen LogP contribution is -2.30. The number of nitrogens with one attached hydrogen (secondary N) is 1. The van der Waals surface area contributed by atoms with Gasteiger partial charge in [-0.3, -0.25) is 4.79 Å². The number of carbonyl (C=O) groups is 1. The van der Waals surface area contributed by atoms with Crippen LogP contribution < -0.4 is 11.1 Å². The third-order valence-corrected chi connectivity index (χ3v) is 2.50. The highest BCUT2D eigenvalue weighted by atomic mass is 16.5. The standard InChI is InChI=1S/C13H28N2O2/c1-11(2)10-17-9-5-8-15-13(16)12(3)6-4-7-14/h11-12H,4-10,14H2,1-3H3,(H,15,16). The van der Waals surface area contributed by atoms with Crippen LogP contribution >= 0.6 is 0 Å². The van der Waals surface area contributed by atoms with Crippen LogP contribution in [0, 0.1) is 11.8 Å². The maximum absolute atomic E-state index is 11.6. The van der Waals surface area contributed by atoms with Crippen molar-refractivity contribution in [3.05, 3.63) is 0 Å². The second-order valence-corrected chi connectivity index (χ2v) is 4.95. The first-order chi connectivity index (χ1) is 8.07. The van der Waals surface area contributed by atoms with Crippen LogP contribution in [0.2, 0.25) is 0 Å².